The van der Waals surface area contributed by atoms with E-state index in [1.165, 1.54) is 5.56 Å². The molecule has 1 atom stereocenters. The molecule has 0 unspecified atom stereocenters. The molecule has 1 heterocycles. The molecule has 1 aliphatic rings. The number of anilines is 1. The van der Waals surface area contributed by atoms with Gasteiger partial charge in [-0.2, -0.15) is 0 Å². The lowest BCUT2D eigenvalue weighted by molar-refractivity contribution is -0.138. The minimum absolute atomic E-state index is 0.0833. The van der Waals surface area contributed by atoms with Crippen LogP contribution in [0.15, 0.2) is 54.6 Å². The van der Waals surface area contributed by atoms with E-state index in [0.717, 1.165) is 44.0 Å². The van der Waals surface area contributed by atoms with E-state index in [0.29, 0.717) is 0 Å². The first-order valence-electron chi connectivity index (χ1n) is 10.5. The zero-order chi connectivity index (χ0) is 21.5. The van der Waals surface area contributed by atoms with Gasteiger partial charge in [0.15, 0.2) is 0 Å². The van der Waals surface area contributed by atoms with Crippen molar-refractivity contribution >= 4 is 17.5 Å². The lowest BCUT2D eigenvalue weighted by Gasteiger charge is -2.37. The summed E-state index contributed by atoms with van der Waals surface area (Å²) in [5, 5.41) is 2.89. The van der Waals surface area contributed by atoms with Crippen LogP contribution in [0, 0.1) is 6.92 Å². The molecule has 0 radical (unpaired) electrons. The molecule has 6 heteroatoms. The Morgan fingerprint density at radius 3 is 2.27 bits per heavy atom. The normalized spacial score (nSPS) is 15.8. The average molecular weight is 409 g/mol. The Morgan fingerprint density at radius 1 is 1.00 bits per heavy atom. The number of benzene rings is 2. The molecule has 1 saturated heterocycles. The molecule has 1 N–H and O–H groups in total. The highest BCUT2D eigenvalue weighted by Crippen LogP contribution is 2.12. The number of piperazine rings is 1. The molecule has 3 rings (SSSR count). The maximum atomic E-state index is 12.9. The molecule has 6 nitrogen and oxygen atoms in total. The van der Waals surface area contributed by atoms with E-state index in [2.05, 4.69) is 34.5 Å². The molecule has 1 aliphatic heterocycles. The second-order valence-corrected chi connectivity index (χ2v) is 8.09. The van der Waals surface area contributed by atoms with Crippen molar-refractivity contribution in [2.24, 2.45) is 0 Å². The second kappa shape index (κ2) is 10.4. The van der Waals surface area contributed by atoms with Crippen molar-refractivity contribution < 1.29 is 9.59 Å². The van der Waals surface area contributed by atoms with Gasteiger partial charge in [-0.3, -0.25) is 19.4 Å². The number of hydrogen-bond acceptors (Lipinski definition) is 4. The summed E-state index contributed by atoms with van der Waals surface area (Å²) in [6, 6.07) is 17.8. The standard InChI is InChI=1S/C24H32N4O2/c1-19-9-11-22(12-10-19)25-23(29)18-26(3)20(2)24(30)28-15-13-27(14-16-28)17-21-7-5-4-6-8-21/h4-12,20H,13-18H2,1-3H3,(H,25,29)/t20-/m1/s1. The number of aryl methyl sites for hydroxylation is 1. The highest BCUT2D eigenvalue weighted by atomic mass is 16.2. The molecule has 30 heavy (non-hydrogen) atoms. The average Bonchev–Trinajstić information content (AvgIpc) is 2.75. The maximum absolute atomic E-state index is 12.9. The molecule has 0 saturated carbocycles. The van der Waals surface area contributed by atoms with E-state index in [9.17, 15) is 9.59 Å². The molecular weight excluding hydrogens is 376 g/mol. The van der Waals surface area contributed by atoms with E-state index >= 15 is 0 Å². The zero-order valence-electron chi connectivity index (χ0n) is 18.2. The third-order valence-corrected chi connectivity index (χ3v) is 5.68. The first-order valence-corrected chi connectivity index (χ1v) is 10.5. The number of nitrogens with one attached hydrogen (secondary N) is 1. The van der Waals surface area contributed by atoms with Gasteiger partial charge in [0.2, 0.25) is 11.8 Å². The Labute approximate surface area is 179 Å². The first-order chi connectivity index (χ1) is 14.4. The summed E-state index contributed by atoms with van der Waals surface area (Å²) in [6.45, 7) is 8.15. The predicted octanol–water partition coefficient (Wildman–Crippen LogP) is 2.60. The van der Waals surface area contributed by atoms with Crippen molar-refractivity contribution in [3.63, 3.8) is 0 Å². The Kier molecular flexibility index (Phi) is 7.60. The number of amides is 2. The van der Waals surface area contributed by atoms with Gasteiger partial charge in [0.1, 0.15) is 0 Å². The van der Waals surface area contributed by atoms with Gasteiger partial charge in [-0.05, 0) is 38.6 Å². The third kappa shape index (κ3) is 6.15. The van der Waals surface area contributed by atoms with Crippen LogP contribution in [0.4, 0.5) is 5.69 Å². The van der Waals surface area contributed by atoms with Crippen LogP contribution in [0.3, 0.4) is 0 Å². The van der Waals surface area contributed by atoms with Crippen LogP contribution in [0.2, 0.25) is 0 Å². The van der Waals surface area contributed by atoms with E-state index in [-0.39, 0.29) is 24.4 Å². The molecule has 1 fully saturated rings. The fourth-order valence-corrected chi connectivity index (χ4v) is 3.62. The zero-order valence-corrected chi connectivity index (χ0v) is 18.2. The van der Waals surface area contributed by atoms with E-state index in [1.54, 1.807) is 0 Å². The lowest BCUT2D eigenvalue weighted by Crippen LogP contribution is -2.54. The number of rotatable bonds is 7. The Morgan fingerprint density at radius 2 is 1.63 bits per heavy atom. The number of likely N-dealkylation sites (N-methyl/N-ethyl adjacent to an activating group) is 1. The number of nitrogens with zero attached hydrogens (tertiary/aromatic N) is 3. The fourth-order valence-electron chi connectivity index (χ4n) is 3.62. The summed E-state index contributed by atoms with van der Waals surface area (Å²) >= 11 is 0. The predicted molar refractivity (Wildman–Crippen MR) is 120 cm³/mol. The van der Waals surface area contributed by atoms with Gasteiger partial charge in [-0.25, -0.2) is 0 Å². The summed E-state index contributed by atoms with van der Waals surface area (Å²) in [5.41, 5.74) is 3.21. The van der Waals surface area contributed by atoms with Crippen LogP contribution >= 0.6 is 0 Å². The molecule has 160 valence electrons. The quantitative estimate of drug-likeness (QED) is 0.765. The molecule has 2 amide bonds. The number of carbonyl (C=O) groups excluding carboxylic acids is 2. The summed E-state index contributed by atoms with van der Waals surface area (Å²) < 4.78 is 0. The smallest absolute Gasteiger partial charge is 0.239 e. The van der Waals surface area contributed by atoms with E-state index in [4.69, 9.17) is 0 Å². The number of hydrogen-bond donors (Lipinski definition) is 1. The summed E-state index contributed by atoms with van der Waals surface area (Å²) in [6.07, 6.45) is 0. The van der Waals surface area contributed by atoms with Gasteiger partial charge >= 0.3 is 0 Å². The summed E-state index contributed by atoms with van der Waals surface area (Å²) in [4.78, 5) is 31.4. The van der Waals surface area contributed by atoms with Crippen molar-refractivity contribution in [1.82, 2.24) is 14.7 Å². The largest absolute Gasteiger partial charge is 0.339 e. The second-order valence-electron chi connectivity index (χ2n) is 8.09. The van der Waals surface area contributed by atoms with Crippen molar-refractivity contribution in [2.75, 3.05) is 45.1 Å². The van der Waals surface area contributed by atoms with Crippen molar-refractivity contribution in [2.45, 2.75) is 26.4 Å². The molecule has 2 aromatic rings. The Balaban J connectivity index is 1.44. The molecule has 0 bridgehead atoms. The summed E-state index contributed by atoms with van der Waals surface area (Å²) in [7, 11) is 1.82. The SMILES string of the molecule is Cc1ccc(NC(=O)CN(C)[C@H](C)C(=O)N2CCN(Cc3ccccc3)CC2)cc1. The molecule has 2 aromatic carbocycles. The minimum atomic E-state index is -0.338. The first kappa shape index (κ1) is 22.0. The highest BCUT2D eigenvalue weighted by molar-refractivity contribution is 5.92. The Hall–Kier alpha value is -2.70. The molecule has 0 aromatic heterocycles. The highest BCUT2D eigenvalue weighted by Gasteiger charge is 2.27. The topological polar surface area (TPSA) is 55.9 Å². The van der Waals surface area contributed by atoms with Crippen LogP contribution < -0.4 is 5.32 Å². The molecule has 0 spiro atoms. The number of carbonyl (C=O) groups is 2. The van der Waals surface area contributed by atoms with E-state index < -0.39 is 0 Å². The molecule has 0 aliphatic carbocycles. The lowest BCUT2D eigenvalue weighted by atomic mass is 10.2. The van der Waals surface area contributed by atoms with Crippen molar-refractivity contribution in [3.05, 3.63) is 65.7 Å². The van der Waals surface area contributed by atoms with Gasteiger partial charge in [0.05, 0.1) is 12.6 Å². The van der Waals surface area contributed by atoms with Gasteiger partial charge < -0.3 is 10.2 Å². The van der Waals surface area contributed by atoms with Crippen LogP contribution in [-0.2, 0) is 16.1 Å². The van der Waals surface area contributed by atoms with Gasteiger partial charge in [-0.15, -0.1) is 0 Å². The van der Waals surface area contributed by atoms with Gasteiger partial charge in [-0.1, -0.05) is 48.0 Å². The van der Waals surface area contributed by atoms with Gasteiger partial charge in [0.25, 0.3) is 0 Å². The van der Waals surface area contributed by atoms with E-state index in [1.807, 2.05) is 61.0 Å². The van der Waals surface area contributed by atoms with Crippen LogP contribution in [0.25, 0.3) is 0 Å². The van der Waals surface area contributed by atoms with Crippen molar-refractivity contribution in [3.8, 4) is 0 Å². The van der Waals surface area contributed by atoms with Crippen LogP contribution in [0.5, 0.6) is 0 Å². The summed E-state index contributed by atoms with van der Waals surface area (Å²) in [5.74, 6) is -0.0336. The molecular formula is C24H32N4O2. The van der Waals surface area contributed by atoms with Crippen LogP contribution in [0.1, 0.15) is 18.1 Å². The third-order valence-electron chi connectivity index (χ3n) is 5.68. The van der Waals surface area contributed by atoms with Crippen LogP contribution in [-0.4, -0.2) is 72.3 Å². The fraction of sp³-hybridized carbons (Fsp3) is 0.417. The Bertz CT molecular complexity index is 830. The van der Waals surface area contributed by atoms with Gasteiger partial charge in [0, 0.05) is 38.4 Å². The monoisotopic (exact) mass is 408 g/mol. The maximum Gasteiger partial charge on any atom is 0.239 e. The minimum Gasteiger partial charge on any atom is -0.339 e. The van der Waals surface area contributed by atoms with Crippen molar-refractivity contribution in [1.29, 1.82) is 0 Å².